The molecule has 0 bridgehead atoms. The summed E-state index contributed by atoms with van der Waals surface area (Å²) in [5.41, 5.74) is 0.669. The van der Waals surface area contributed by atoms with E-state index in [-0.39, 0.29) is 22.7 Å². The molecule has 1 aliphatic carbocycles. The van der Waals surface area contributed by atoms with Gasteiger partial charge >= 0.3 is 5.97 Å². The average Bonchev–Trinajstić information content (AvgIpc) is 3.29. The van der Waals surface area contributed by atoms with Gasteiger partial charge in [0.15, 0.2) is 11.0 Å². The first-order valence-corrected chi connectivity index (χ1v) is 16.4. The molecule has 0 N–H and O–H groups in total. The lowest BCUT2D eigenvalue weighted by Crippen LogP contribution is -2.40. The lowest BCUT2D eigenvalue weighted by atomic mass is 9.75. The molecule has 2 aliphatic rings. The van der Waals surface area contributed by atoms with Crippen LogP contribution >= 0.6 is 11.8 Å². The van der Waals surface area contributed by atoms with Crippen molar-refractivity contribution in [3.63, 3.8) is 0 Å². The molecule has 3 atom stereocenters. The highest BCUT2D eigenvalue weighted by molar-refractivity contribution is 7.99. The number of carbonyl (C=O) groups is 1. The summed E-state index contributed by atoms with van der Waals surface area (Å²) in [7, 11) is -3.64. The number of nitrogens with zero attached hydrogens (tertiary/aromatic N) is 4. The number of thioether (sulfide) groups is 1. The number of hydrogen-bond acceptors (Lipinski definition) is 8. The summed E-state index contributed by atoms with van der Waals surface area (Å²) in [4.78, 5) is 13.1. The van der Waals surface area contributed by atoms with Crippen LogP contribution in [-0.2, 0) is 30.8 Å². The second-order valence-electron chi connectivity index (χ2n) is 11.5. The summed E-state index contributed by atoms with van der Waals surface area (Å²) in [6.45, 7) is 12.9. The monoisotopic (exact) mass is 578 g/mol. The van der Waals surface area contributed by atoms with Gasteiger partial charge in [0.1, 0.15) is 6.10 Å². The minimum absolute atomic E-state index is 0.0397. The second-order valence-corrected chi connectivity index (χ2v) is 14.4. The third kappa shape index (κ3) is 7.42. The van der Waals surface area contributed by atoms with Gasteiger partial charge in [0.25, 0.3) is 0 Å². The molecule has 39 heavy (non-hydrogen) atoms. The normalized spacial score (nSPS) is 22.9. The van der Waals surface area contributed by atoms with Gasteiger partial charge in [-0.05, 0) is 48.6 Å². The Balaban J connectivity index is 1.51. The van der Waals surface area contributed by atoms with Gasteiger partial charge in [-0.15, -0.1) is 10.2 Å². The number of benzene rings is 1. The Hall–Kier alpha value is -1.95. The number of sulfonamides is 1. The SMILES string of the molecule is CC(C)Cn1c(SCC(=O)O[C@H]2C[C@@H](C)CC[C@@H]2C(C)C)nnc1-c1cccc(S(=O)(=O)N2CCOCC2)c1. The van der Waals surface area contributed by atoms with Gasteiger partial charge in [-0.1, -0.05) is 64.9 Å². The maximum atomic E-state index is 13.2. The predicted molar refractivity (Wildman–Crippen MR) is 152 cm³/mol. The Bertz CT molecular complexity index is 1220. The van der Waals surface area contributed by atoms with Crippen molar-refractivity contribution in [3.8, 4) is 11.4 Å². The van der Waals surface area contributed by atoms with Gasteiger partial charge in [0.05, 0.1) is 23.9 Å². The summed E-state index contributed by atoms with van der Waals surface area (Å²) in [5, 5.41) is 9.44. The number of ether oxygens (including phenoxy) is 2. The van der Waals surface area contributed by atoms with E-state index in [9.17, 15) is 13.2 Å². The summed E-state index contributed by atoms with van der Waals surface area (Å²) >= 11 is 1.32. The van der Waals surface area contributed by atoms with Crippen molar-refractivity contribution in [2.45, 2.75) is 76.6 Å². The van der Waals surface area contributed by atoms with E-state index in [1.807, 2.05) is 10.6 Å². The molecular formula is C28H42N4O5S2. The quantitative estimate of drug-likeness (QED) is 0.295. The van der Waals surface area contributed by atoms with Crippen molar-refractivity contribution in [1.29, 1.82) is 0 Å². The zero-order valence-corrected chi connectivity index (χ0v) is 25.3. The highest BCUT2D eigenvalue weighted by Crippen LogP contribution is 2.36. The van der Waals surface area contributed by atoms with E-state index in [2.05, 4.69) is 44.8 Å². The van der Waals surface area contributed by atoms with Crippen molar-refractivity contribution in [2.24, 2.45) is 23.7 Å². The molecule has 1 aromatic carbocycles. The van der Waals surface area contributed by atoms with Crippen molar-refractivity contribution in [1.82, 2.24) is 19.1 Å². The van der Waals surface area contributed by atoms with Crippen LogP contribution in [0, 0.1) is 23.7 Å². The number of carbonyl (C=O) groups excluding carboxylic acids is 1. The van der Waals surface area contributed by atoms with E-state index >= 15 is 0 Å². The molecule has 0 spiro atoms. The summed E-state index contributed by atoms with van der Waals surface area (Å²) in [6, 6.07) is 6.85. The Morgan fingerprint density at radius 2 is 1.90 bits per heavy atom. The number of morpholine rings is 1. The zero-order chi connectivity index (χ0) is 28.2. The fourth-order valence-electron chi connectivity index (χ4n) is 5.45. The van der Waals surface area contributed by atoms with E-state index in [4.69, 9.17) is 9.47 Å². The van der Waals surface area contributed by atoms with E-state index in [0.717, 1.165) is 12.8 Å². The highest BCUT2D eigenvalue weighted by Gasteiger charge is 2.33. The minimum Gasteiger partial charge on any atom is -0.461 e. The van der Waals surface area contributed by atoms with Gasteiger partial charge in [-0.2, -0.15) is 4.31 Å². The summed E-state index contributed by atoms with van der Waals surface area (Å²) in [5.74, 6) is 2.22. The van der Waals surface area contributed by atoms with Crippen LogP contribution in [0.1, 0.15) is 53.9 Å². The van der Waals surface area contributed by atoms with Crippen LogP contribution < -0.4 is 0 Å². The Morgan fingerprint density at radius 3 is 2.59 bits per heavy atom. The molecule has 4 rings (SSSR count). The molecule has 2 fully saturated rings. The highest BCUT2D eigenvalue weighted by atomic mass is 32.2. The number of esters is 1. The van der Waals surface area contributed by atoms with E-state index < -0.39 is 10.0 Å². The van der Waals surface area contributed by atoms with Gasteiger partial charge in [0.2, 0.25) is 10.0 Å². The van der Waals surface area contributed by atoms with Gasteiger partial charge in [0, 0.05) is 25.2 Å². The maximum Gasteiger partial charge on any atom is 0.316 e. The van der Waals surface area contributed by atoms with Crippen LogP contribution in [0.4, 0.5) is 0 Å². The molecule has 2 aromatic rings. The van der Waals surface area contributed by atoms with Crippen molar-refractivity contribution in [2.75, 3.05) is 32.1 Å². The molecule has 1 saturated heterocycles. The molecule has 0 amide bonds. The molecular weight excluding hydrogens is 536 g/mol. The third-order valence-electron chi connectivity index (χ3n) is 7.53. The minimum atomic E-state index is -3.64. The molecule has 9 nitrogen and oxygen atoms in total. The fraction of sp³-hybridized carbons (Fsp3) is 0.679. The lowest BCUT2D eigenvalue weighted by molar-refractivity contribution is -0.152. The Morgan fingerprint density at radius 1 is 1.15 bits per heavy atom. The number of hydrogen-bond donors (Lipinski definition) is 0. The van der Waals surface area contributed by atoms with Gasteiger partial charge in [-0.3, -0.25) is 4.79 Å². The molecule has 0 radical (unpaired) electrons. The number of aromatic nitrogens is 3. The average molecular weight is 579 g/mol. The first kappa shape index (κ1) is 30.0. The lowest BCUT2D eigenvalue weighted by Gasteiger charge is -2.36. The van der Waals surface area contributed by atoms with Crippen molar-refractivity contribution >= 4 is 27.8 Å². The zero-order valence-electron chi connectivity index (χ0n) is 23.7. The van der Waals surface area contributed by atoms with Crippen molar-refractivity contribution < 1.29 is 22.7 Å². The predicted octanol–water partition coefficient (Wildman–Crippen LogP) is 4.72. The standard InChI is InChI=1S/C28H42N4O5S2/c1-19(2)17-32-27(22-7-6-8-23(16-22)39(34,35)31-11-13-36-14-12-31)29-30-28(32)38-18-26(33)37-25-15-21(5)9-10-24(25)20(3)4/h6-8,16,19-21,24-25H,9-15,17-18H2,1-5H3/t21-,24+,25-/m0/s1. The third-order valence-corrected chi connectivity index (χ3v) is 10.4. The molecule has 216 valence electrons. The van der Waals surface area contributed by atoms with Crippen LogP contribution in [0.2, 0.25) is 0 Å². The molecule has 2 heterocycles. The summed E-state index contributed by atoms with van der Waals surface area (Å²) in [6.07, 6.45) is 3.15. The maximum absolute atomic E-state index is 13.2. The van der Waals surface area contributed by atoms with Gasteiger partial charge in [-0.25, -0.2) is 8.42 Å². The smallest absolute Gasteiger partial charge is 0.316 e. The summed E-state index contributed by atoms with van der Waals surface area (Å²) < 4.78 is 41.2. The largest absolute Gasteiger partial charge is 0.461 e. The van der Waals surface area contributed by atoms with E-state index in [1.54, 1.807) is 18.2 Å². The first-order chi connectivity index (χ1) is 18.6. The van der Waals surface area contributed by atoms with Gasteiger partial charge < -0.3 is 14.0 Å². The Kier molecular flexibility index (Phi) is 10.1. The second kappa shape index (κ2) is 13.1. The van der Waals surface area contributed by atoms with Crippen molar-refractivity contribution in [3.05, 3.63) is 24.3 Å². The molecule has 11 heteroatoms. The molecule has 1 aliphatic heterocycles. The van der Waals surface area contributed by atoms with Crippen LogP contribution in [-0.4, -0.2) is 71.6 Å². The Labute approximate surface area is 237 Å². The van der Waals surface area contributed by atoms with E-state index in [0.29, 0.717) is 73.1 Å². The molecule has 1 aromatic heterocycles. The van der Waals surface area contributed by atoms with Crippen LogP contribution in [0.3, 0.4) is 0 Å². The fourth-order valence-corrected chi connectivity index (χ4v) is 7.63. The molecule has 1 saturated carbocycles. The topological polar surface area (TPSA) is 104 Å². The number of rotatable bonds is 10. The van der Waals surface area contributed by atoms with Crippen LogP contribution in [0.25, 0.3) is 11.4 Å². The van der Waals surface area contributed by atoms with E-state index in [1.165, 1.54) is 22.5 Å². The van der Waals surface area contributed by atoms with Crippen LogP contribution in [0.5, 0.6) is 0 Å². The van der Waals surface area contributed by atoms with Crippen LogP contribution in [0.15, 0.2) is 34.3 Å². The first-order valence-electron chi connectivity index (χ1n) is 14.0. The molecule has 0 unspecified atom stereocenters.